The highest BCUT2D eigenvalue weighted by molar-refractivity contribution is 7.99. The summed E-state index contributed by atoms with van der Waals surface area (Å²) in [6.45, 7) is 6.70. The fraction of sp³-hybridized carbons (Fsp3) is 0.368. The van der Waals surface area contributed by atoms with Crippen LogP contribution in [0.25, 0.3) is 11.1 Å². The lowest BCUT2D eigenvalue weighted by molar-refractivity contribution is -0.117. The molecular weight excluding hydrogens is 445 g/mol. The molecule has 0 saturated heterocycles. The van der Waals surface area contributed by atoms with E-state index in [1.807, 2.05) is 41.6 Å². The third kappa shape index (κ3) is 3.52. The van der Waals surface area contributed by atoms with E-state index in [0.717, 1.165) is 31.3 Å². The number of rotatable bonds is 5. The van der Waals surface area contributed by atoms with E-state index in [9.17, 15) is 4.79 Å². The van der Waals surface area contributed by atoms with Gasteiger partial charge in [0.05, 0.1) is 28.5 Å². The minimum atomic E-state index is -0.495. The molecule has 152 valence electrons. The van der Waals surface area contributed by atoms with E-state index in [-0.39, 0.29) is 11.7 Å². The molecule has 10 heteroatoms. The number of carbonyl (C=O) groups is 1. The van der Waals surface area contributed by atoms with Gasteiger partial charge in [0, 0.05) is 18.2 Å². The van der Waals surface area contributed by atoms with Crippen molar-refractivity contribution in [3.8, 4) is 16.9 Å². The standard InChI is InChI=1S/C19H20N4O2S4/c1-5-25-11-6-7-13-12(8-11)15-16(28-29-17(15)26)19(2,3)23(13)14(24)9-27-18-21-20-10-22(18)4/h6-8,10H,5,9H2,1-4H3. The van der Waals surface area contributed by atoms with Gasteiger partial charge in [-0.05, 0) is 39.0 Å². The predicted molar refractivity (Wildman–Crippen MR) is 122 cm³/mol. The van der Waals surface area contributed by atoms with Crippen molar-refractivity contribution in [3.05, 3.63) is 33.2 Å². The Labute approximate surface area is 185 Å². The summed E-state index contributed by atoms with van der Waals surface area (Å²) >= 11 is 7.03. The molecule has 1 aliphatic heterocycles. The molecule has 6 nitrogen and oxygen atoms in total. The lowest BCUT2D eigenvalue weighted by Gasteiger charge is -2.43. The highest BCUT2D eigenvalue weighted by atomic mass is 32.9. The number of amides is 1. The second kappa shape index (κ2) is 7.82. The Kier molecular flexibility index (Phi) is 5.54. The summed E-state index contributed by atoms with van der Waals surface area (Å²) in [6, 6.07) is 5.88. The van der Waals surface area contributed by atoms with Gasteiger partial charge < -0.3 is 14.2 Å². The van der Waals surface area contributed by atoms with Crippen LogP contribution >= 0.6 is 44.7 Å². The number of ether oxygens (including phenoxy) is 1. The first-order valence-corrected chi connectivity index (χ1v) is 12.6. The third-order valence-electron chi connectivity index (χ3n) is 4.78. The maximum absolute atomic E-state index is 13.4. The molecule has 1 amide bonds. The van der Waals surface area contributed by atoms with Crippen LogP contribution < -0.4 is 9.64 Å². The van der Waals surface area contributed by atoms with Gasteiger partial charge in [-0.3, -0.25) is 4.79 Å². The predicted octanol–water partition coefficient (Wildman–Crippen LogP) is 5.11. The van der Waals surface area contributed by atoms with Gasteiger partial charge >= 0.3 is 0 Å². The minimum Gasteiger partial charge on any atom is -0.494 e. The molecule has 1 aliphatic rings. The summed E-state index contributed by atoms with van der Waals surface area (Å²) in [5, 5.41) is 8.66. The van der Waals surface area contributed by atoms with Crippen LogP contribution in [0.2, 0.25) is 0 Å². The van der Waals surface area contributed by atoms with E-state index in [1.165, 1.54) is 11.8 Å². The molecule has 0 spiro atoms. The van der Waals surface area contributed by atoms with Crippen LogP contribution in [-0.2, 0) is 17.4 Å². The summed E-state index contributed by atoms with van der Waals surface area (Å²) in [5.41, 5.74) is 2.39. The van der Waals surface area contributed by atoms with Crippen LogP contribution in [0.4, 0.5) is 5.69 Å². The molecular formula is C19H20N4O2S4. The van der Waals surface area contributed by atoms with Gasteiger partial charge in [0.25, 0.3) is 0 Å². The van der Waals surface area contributed by atoms with Gasteiger partial charge in [0.2, 0.25) is 5.91 Å². The quantitative estimate of drug-likeness (QED) is 0.297. The number of thioether (sulfide) groups is 1. The summed E-state index contributed by atoms with van der Waals surface area (Å²) in [5.74, 6) is 1.07. The number of hydrogen-bond donors (Lipinski definition) is 0. The summed E-state index contributed by atoms with van der Waals surface area (Å²) < 4.78 is 8.37. The zero-order chi connectivity index (χ0) is 20.8. The van der Waals surface area contributed by atoms with Crippen LogP contribution in [0.5, 0.6) is 5.75 Å². The average Bonchev–Trinajstić information content (AvgIpc) is 3.27. The fourth-order valence-corrected chi connectivity index (χ4v) is 7.52. The number of benzene rings is 1. The number of hydrogen-bond acceptors (Lipinski definition) is 8. The van der Waals surface area contributed by atoms with Gasteiger partial charge in [-0.1, -0.05) is 44.7 Å². The number of carbonyl (C=O) groups excluding carboxylic acids is 1. The summed E-state index contributed by atoms with van der Waals surface area (Å²) in [7, 11) is 5.10. The molecule has 29 heavy (non-hydrogen) atoms. The monoisotopic (exact) mass is 464 g/mol. The Morgan fingerprint density at radius 2 is 2.14 bits per heavy atom. The second-order valence-electron chi connectivity index (χ2n) is 7.07. The summed E-state index contributed by atoms with van der Waals surface area (Å²) in [4.78, 5) is 16.4. The van der Waals surface area contributed by atoms with E-state index in [2.05, 4.69) is 24.0 Å². The number of fused-ring (bicyclic) bond motifs is 3. The van der Waals surface area contributed by atoms with Crippen molar-refractivity contribution >= 4 is 56.3 Å². The van der Waals surface area contributed by atoms with Crippen LogP contribution in [0.15, 0.2) is 29.7 Å². The largest absolute Gasteiger partial charge is 0.494 e. The minimum absolute atomic E-state index is 0.0170. The molecule has 0 saturated carbocycles. The Balaban J connectivity index is 1.77. The number of nitrogens with zero attached hydrogens (tertiary/aromatic N) is 4. The van der Waals surface area contributed by atoms with E-state index in [1.54, 1.807) is 27.0 Å². The van der Waals surface area contributed by atoms with Crippen molar-refractivity contribution in [2.45, 2.75) is 31.5 Å². The van der Waals surface area contributed by atoms with Gasteiger partial charge in [-0.15, -0.1) is 10.2 Å². The highest BCUT2D eigenvalue weighted by Crippen LogP contribution is 2.53. The van der Waals surface area contributed by atoms with E-state index < -0.39 is 5.54 Å². The van der Waals surface area contributed by atoms with Crippen molar-refractivity contribution in [1.29, 1.82) is 0 Å². The molecule has 0 unspecified atom stereocenters. The van der Waals surface area contributed by atoms with Crippen LogP contribution in [0.3, 0.4) is 0 Å². The smallest absolute Gasteiger partial charge is 0.238 e. The Morgan fingerprint density at radius 1 is 1.34 bits per heavy atom. The lowest BCUT2D eigenvalue weighted by Crippen LogP contribution is -2.48. The second-order valence-corrected chi connectivity index (χ2v) is 10.8. The Hall–Kier alpha value is -1.75. The molecule has 0 aliphatic carbocycles. The van der Waals surface area contributed by atoms with Gasteiger partial charge in [0.15, 0.2) is 5.16 Å². The van der Waals surface area contributed by atoms with Crippen LogP contribution in [0.1, 0.15) is 25.6 Å². The summed E-state index contributed by atoms with van der Waals surface area (Å²) in [6.07, 6.45) is 1.63. The van der Waals surface area contributed by atoms with Crippen molar-refractivity contribution in [3.63, 3.8) is 0 Å². The van der Waals surface area contributed by atoms with E-state index in [4.69, 9.17) is 17.0 Å². The first-order chi connectivity index (χ1) is 13.8. The zero-order valence-corrected chi connectivity index (χ0v) is 19.7. The van der Waals surface area contributed by atoms with Gasteiger partial charge in [-0.2, -0.15) is 0 Å². The average molecular weight is 465 g/mol. The Bertz CT molecular complexity index is 1130. The molecule has 0 bridgehead atoms. The zero-order valence-electron chi connectivity index (χ0n) is 16.5. The van der Waals surface area contributed by atoms with Gasteiger partial charge in [-0.25, -0.2) is 0 Å². The fourth-order valence-electron chi connectivity index (χ4n) is 3.51. The first kappa shape index (κ1) is 20.5. The van der Waals surface area contributed by atoms with Crippen molar-refractivity contribution in [2.75, 3.05) is 17.3 Å². The topological polar surface area (TPSA) is 60.2 Å². The molecule has 2 aromatic heterocycles. The third-order valence-corrected chi connectivity index (χ3v) is 9.13. The molecule has 0 atom stereocenters. The molecule has 0 radical (unpaired) electrons. The van der Waals surface area contributed by atoms with Crippen molar-refractivity contribution in [1.82, 2.24) is 14.8 Å². The van der Waals surface area contributed by atoms with E-state index >= 15 is 0 Å². The molecule has 4 rings (SSSR count). The molecule has 0 N–H and O–H groups in total. The molecule has 0 fully saturated rings. The normalized spacial score (nSPS) is 14.4. The number of aryl methyl sites for hydroxylation is 1. The lowest BCUT2D eigenvalue weighted by atomic mass is 9.87. The molecule has 1 aromatic carbocycles. The van der Waals surface area contributed by atoms with Gasteiger partial charge in [0.1, 0.15) is 15.9 Å². The maximum Gasteiger partial charge on any atom is 0.238 e. The SMILES string of the molecule is CCOc1ccc2c(c1)-c1c(ssc1=S)C(C)(C)N2C(=O)CSc1nncn1C. The highest BCUT2D eigenvalue weighted by Gasteiger charge is 2.43. The van der Waals surface area contributed by atoms with Crippen LogP contribution in [-0.4, -0.2) is 33.0 Å². The Morgan fingerprint density at radius 3 is 2.83 bits per heavy atom. The molecule has 3 heterocycles. The van der Waals surface area contributed by atoms with Crippen molar-refractivity contribution in [2.24, 2.45) is 7.05 Å². The number of aromatic nitrogens is 3. The van der Waals surface area contributed by atoms with Crippen LogP contribution in [0, 0.1) is 3.82 Å². The first-order valence-electron chi connectivity index (χ1n) is 9.05. The van der Waals surface area contributed by atoms with Crippen molar-refractivity contribution < 1.29 is 9.53 Å². The maximum atomic E-state index is 13.4. The van der Waals surface area contributed by atoms with E-state index in [0.29, 0.717) is 11.8 Å². The molecule has 3 aromatic rings. The number of anilines is 1.